The quantitative estimate of drug-likeness (QED) is 0.772. The first kappa shape index (κ1) is 17.6. The van der Waals surface area contributed by atoms with Crippen LogP contribution in [-0.2, 0) is 11.2 Å². The van der Waals surface area contributed by atoms with E-state index < -0.39 is 6.10 Å². The maximum atomic E-state index is 12.5. The average Bonchev–Trinajstić information content (AvgIpc) is 3.31. The number of aromatic amines is 1. The number of rotatable bonds is 5. The van der Waals surface area contributed by atoms with Gasteiger partial charge in [-0.25, -0.2) is 0 Å². The van der Waals surface area contributed by atoms with Crippen molar-refractivity contribution in [3.63, 3.8) is 0 Å². The largest absolute Gasteiger partial charge is 0.389 e. The molecule has 1 saturated heterocycles. The summed E-state index contributed by atoms with van der Waals surface area (Å²) in [6.45, 7) is 2.17. The number of aryl methyl sites for hydroxylation is 1. The zero-order valence-electron chi connectivity index (χ0n) is 15.3. The standard InChI is InChI=1S/C21H29N3O2/c25-20(11-10-15-14-22-17-7-2-1-6-16(15)17)23-18-8-5-9-19(21(18)26)24-12-3-4-13-24/h1-2,6-7,14,18-19,21-22,26H,3-5,8-13H2,(H,23,25)/t18-,19-,21-/m1/s1. The van der Waals surface area contributed by atoms with Crippen LogP contribution in [0.4, 0.5) is 0 Å². The van der Waals surface area contributed by atoms with Crippen molar-refractivity contribution in [2.75, 3.05) is 13.1 Å². The van der Waals surface area contributed by atoms with Gasteiger partial charge in [0, 0.05) is 29.6 Å². The highest BCUT2D eigenvalue weighted by atomic mass is 16.3. The van der Waals surface area contributed by atoms with Gasteiger partial charge in [-0.05, 0) is 63.2 Å². The van der Waals surface area contributed by atoms with E-state index in [4.69, 9.17) is 0 Å². The SMILES string of the molecule is O=C(CCc1c[nH]c2ccccc12)N[C@@H]1CCC[C@@H](N2CCCC2)[C@@H]1O. The van der Waals surface area contributed by atoms with Crippen molar-refractivity contribution in [1.82, 2.24) is 15.2 Å². The number of benzene rings is 1. The maximum absolute atomic E-state index is 12.5. The molecule has 3 N–H and O–H groups in total. The minimum Gasteiger partial charge on any atom is -0.389 e. The van der Waals surface area contributed by atoms with E-state index in [0.717, 1.165) is 37.9 Å². The molecule has 1 aromatic carbocycles. The Bertz CT molecular complexity index is 751. The fourth-order valence-electron chi connectivity index (χ4n) is 4.65. The highest BCUT2D eigenvalue weighted by Crippen LogP contribution is 2.27. The van der Waals surface area contributed by atoms with E-state index in [-0.39, 0.29) is 18.0 Å². The van der Waals surface area contributed by atoms with Gasteiger partial charge in [0.1, 0.15) is 0 Å². The van der Waals surface area contributed by atoms with Crippen molar-refractivity contribution in [3.8, 4) is 0 Å². The Labute approximate surface area is 154 Å². The van der Waals surface area contributed by atoms with Gasteiger partial charge in [-0.3, -0.25) is 9.69 Å². The van der Waals surface area contributed by atoms with Crippen LogP contribution < -0.4 is 5.32 Å². The first-order valence-corrected chi connectivity index (χ1v) is 9.99. The van der Waals surface area contributed by atoms with Gasteiger partial charge in [-0.15, -0.1) is 0 Å². The summed E-state index contributed by atoms with van der Waals surface area (Å²) < 4.78 is 0. The predicted octanol–water partition coefficient (Wildman–Crippen LogP) is 2.59. The number of aliphatic hydroxyl groups excluding tert-OH is 1. The summed E-state index contributed by atoms with van der Waals surface area (Å²) >= 11 is 0. The Morgan fingerprint density at radius 1 is 1.19 bits per heavy atom. The second-order valence-electron chi connectivity index (χ2n) is 7.77. The lowest BCUT2D eigenvalue weighted by Crippen LogP contribution is -2.56. The molecule has 1 aliphatic heterocycles. The fourth-order valence-corrected chi connectivity index (χ4v) is 4.65. The number of hydrogen-bond acceptors (Lipinski definition) is 3. The van der Waals surface area contributed by atoms with Crippen LogP contribution in [-0.4, -0.2) is 52.2 Å². The van der Waals surface area contributed by atoms with Crippen LogP contribution in [0.1, 0.15) is 44.1 Å². The molecule has 1 aromatic heterocycles. The zero-order valence-corrected chi connectivity index (χ0v) is 15.3. The van der Waals surface area contributed by atoms with Crippen molar-refractivity contribution < 1.29 is 9.90 Å². The third kappa shape index (κ3) is 3.64. The molecule has 0 spiro atoms. The minimum atomic E-state index is -0.445. The van der Waals surface area contributed by atoms with Gasteiger partial charge in [0.05, 0.1) is 12.1 Å². The lowest BCUT2D eigenvalue weighted by molar-refractivity contribution is -0.123. The van der Waals surface area contributed by atoms with Crippen LogP contribution >= 0.6 is 0 Å². The fraction of sp³-hybridized carbons (Fsp3) is 0.571. The number of carbonyl (C=O) groups is 1. The lowest BCUT2D eigenvalue weighted by atomic mass is 9.87. The highest BCUT2D eigenvalue weighted by molar-refractivity contribution is 5.84. The molecule has 26 heavy (non-hydrogen) atoms. The molecule has 1 aliphatic carbocycles. The molecule has 4 rings (SSSR count). The van der Waals surface area contributed by atoms with E-state index >= 15 is 0 Å². The molecule has 2 fully saturated rings. The molecule has 3 atom stereocenters. The number of para-hydroxylation sites is 1. The van der Waals surface area contributed by atoms with Crippen molar-refractivity contribution in [2.45, 2.75) is 63.1 Å². The van der Waals surface area contributed by atoms with Crippen molar-refractivity contribution in [1.29, 1.82) is 0 Å². The number of nitrogens with zero attached hydrogens (tertiary/aromatic N) is 1. The Kier molecular flexibility index (Phi) is 5.27. The molecule has 1 amide bonds. The van der Waals surface area contributed by atoms with E-state index in [1.807, 2.05) is 18.3 Å². The first-order valence-electron chi connectivity index (χ1n) is 9.99. The number of likely N-dealkylation sites (tertiary alicyclic amines) is 1. The molecule has 1 saturated carbocycles. The van der Waals surface area contributed by atoms with Gasteiger partial charge >= 0.3 is 0 Å². The summed E-state index contributed by atoms with van der Waals surface area (Å²) in [6.07, 6.45) is 8.18. The van der Waals surface area contributed by atoms with Gasteiger partial charge in [0.25, 0.3) is 0 Å². The molecule has 140 valence electrons. The average molecular weight is 355 g/mol. The molecule has 0 unspecified atom stereocenters. The van der Waals surface area contributed by atoms with Gasteiger partial charge in [0.15, 0.2) is 0 Å². The number of aliphatic hydroxyl groups is 1. The third-order valence-electron chi connectivity index (χ3n) is 6.07. The van der Waals surface area contributed by atoms with Gasteiger partial charge < -0.3 is 15.4 Å². The number of carbonyl (C=O) groups excluding carboxylic acids is 1. The van der Waals surface area contributed by atoms with Crippen molar-refractivity contribution >= 4 is 16.8 Å². The maximum Gasteiger partial charge on any atom is 0.220 e. The number of hydrogen-bond donors (Lipinski definition) is 3. The summed E-state index contributed by atoms with van der Waals surface area (Å²) in [6, 6.07) is 8.28. The van der Waals surface area contributed by atoms with Crippen LogP contribution in [0.3, 0.4) is 0 Å². The summed E-state index contributed by atoms with van der Waals surface area (Å²) in [5, 5.41) is 15.1. The number of amides is 1. The molecular weight excluding hydrogens is 326 g/mol. The van der Waals surface area contributed by atoms with Crippen LogP contribution in [0.25, 0.3) is 10.9 Å². The van der Waals surface area contributed by atoms with Crippen LogP contribution in [0.5, 0.6) is 0 Å². The smallest absolute Gasteiger partial charge is 0.220 e. The van der Waals surface area contributed by atoms with Crippen LogP contribution in [0.2, 0.25) is 0 Å². The molecule has 5 nitrogen and oxygen atoms in total. The monoisotopic (exact) mass is 355 g/mol. The number of fused-ring (bicyclic) bond motifs is 1. The van der Waals surface area contributed by atoms with Crippen LogP contribution in [0.15, 0.2) is 30.5 Å². The van der Waals surface area contributed by atoms with E-state index in [2.05, 4.69) is 27.3 Å². The van der Waals surface area contributed by atoms with Crippen molar-refractivity contribution in [3.05, 3.63) is 36.0 Å². The lowest BCUT2D eigenvalue weighted by Gasteiger charge is -2.40. The normalized spacial score (nSPS) is 27.0. The van der Waals surface area contributed by atoms with Gasteiger partial charge in [-0.1, -0.05) is 18.2 Å². The second kappa shape index (κ2) is 7.80. The van der Waals surface area contributed by atoms with Gasteiger partial charge in [0.2, 0.25) is 5.91 Å². The van der Waals surface area contributed by atoms with Crippen LogP contribution in [0, 0.1) is 0 Å². The number of aromatic nitrogens is 1. The summed E-state index contributed by atoms with van der Waals surface area (Å²) in [5.74, 6) is 0.0430. The number of nitrogens with one attached hydrogen (secondary N) is 2. The van der Waals surface area contributed by atoms with Gasteiger partial charge in [-0.2, -0.15) is 0 Å². The minimum absolute atomic E-state index is 0.0430. The Balaban J connectivity index is 1.32. The molecule has 0 radical (unpaired) electrons. The third-order valence-corrected chi connectivity index (χ3v) is 6.07. The zero-order chi connectivity index (χ0) is 17.9. The molecule has 2 heterocycles. The van der Waals surface area contributed by atoms with E-state index in [0.29, 0.717) is 12.8 Å². The first-order chi connectivity index (χ1) is 12.7. The molecule has 2 aromatic rings. The molecular formula is C21H29N3O2. The molecule has 0 bridgehead atoms. The summed E-state index contributed by atoms with van der Waals surface area (Å²) in [5.41, 5.74) is 2.29. The Morgan fingerprint density at radius 2 is 2.00 bits per heavy atom. The van der Waals surface area contributed by atoms with E-state index in [1.165, 1.54) is 23.8 Å². The second-order valence-corrected chi connectivity index (χ2v) is 7.77. The molecule has 2 aliphatic rings. The highest BCUT2D eigenvalue weighted by Gasteiger charge is 2.36. The van der Waals surface area contributed by atoms with Crippen molar-refractivity contribution in [2.24, 2.45) is 0 Å². The molecule has 5 heteroatoms. The topological polar surface area (TPSA) is 68.4 Å². The number of H-pyrrole nitrogens is 1. The summed E-state index contributed by atoms with van der Waals surface area (Å²) in [4.78, 5) is 18.1. The van der Waals surface area contributed by atoms with E-state index in [9.17, 15) is 9.90 Å². The Morgan fingerprint density at radius 3 is 2.85 bits per heavy atom. The predicted molar refractivity (Wildman–Crippen MR) is 103 cm³/mol. The summed E-state index contributed by atoms with van der Waals surface area (Å²) in [7, 11) is 0. The Hall–Kier alpha value is -1.85. The van der Waals surface area contributed by atoms with E-state index in [1.54, 1.807) is 0 Å².